The highest BCUT2D eigenvalue weighted by Crippen LogP contribution is 2.24. The van der Waals surface area contributed by atoms with Crippen LogP contribution in [0.15, 0.2) is 41.0 Å². The number of rotatable bonds is 7. The predicted octanol–water partition coefficient (Wildman–Crippen LogP) is 4.50. The van der Waals surface area contributed by atoms with Crippen molar-refractivity contribution in [3.05, 3.63) is 53.7 Å². The second-order valence-electron chi connectivity index (χ2n) is 7.34. The molecular formula is C21H31N3O. The van der Waals surface area contributed by atoms with Crippen LogP contribution in [0.4, 0.5) is 0 Å². The van der Waals surface area contributed by atoms with Crippen LogP contribution in [0.5, 0.6) is 0 Å². The van der Waals surface area contributed by atoms with E-state index in [-0.39, 0.29) is 0 Å². The summed E-state index contributed by atoms with van der Waals surface area (Å²) >= 11 is 0. The number of hydrogen-bond donors (Lipinski definition) is 1. The van der Waals surface area contributed by atoms with Gasteiger partial charge < -0.3 is 9.73 Å². The van der Waals surface area contributed by atoms with Crippen LogP contribution in [0.3, 0.4) is 0 Å². The number of oxazole rings is 1. The monoisotopic (exact) mass is 341 g/mol. The van der Waals surface area contributed by atoms with Gasteiger partial charge in [-0.05, 0) is 31.5 Å². The summed E-state index contributed by atoms with van der Waals surface area (Å²) in [4.78, 5) is 7.21. The Morgan fingerprint density at radius 2 is 1.80 bits per heavy atom. The molecule has 3 rings (SSSR count). The van der Waals surface area contributed by atoms with Gasteiger partial charge in [0.05, 0.1) is 5.69 Å². The Morgan fingerprint density at radius 3 is 2.44 bits per heavy atom. The highest BCUT2D eigenvalue weighted by atomic mass is 16.3. The summed E-state index contributed by atoms with van der Waals surface area (Å²) in [5.41, 5.74) is 2.39. The quantitative estimate of drug-likeness (QED) is 0.805. The zero-order valence-electron chi connectivity index (χ0n) is 15.6. The van der Waals surface area contributed by atoms with Crippen LogP contribution in [0.1, 0.15) is 68.6 Å². The molecule has 0 aliphatic carbocycles. The molecule has 1 aromatic heterocycles. The van der Waals surface area contributed by atoms with E-state index in [4.69, 9.17) is 4.42 Å². The molecule has 1 N–H and O–H groups in total. The topological polar surface area (TPSA) is 41.3 Å². The molecule has 2 aromatic rings. The number of benzene rings is 1. The lowest BCUT2D eigenvalue weighted by molar-refractivity contribution is 0.199. The lowest BCUT2D eigenvalue weighted by Crippen LogP contribution is -2.36. The van der Waals surface area contributed by atoms with E-state index >= 15 is 0 Å². The Hall–Kier alpha value is -1.65. The minimum Gasteiger partial charge on any atom is -0.448 e. The van der Waals surface area contributed by atoms with E-state index in [9.17, 15) is 0 Å². The predicted molar refractivity (Wildman–Crippen MR) is 102 cm³/mol. The molecule has 1 aromatic carbocycles. The zero-order valence-corrected chi connectivity index (χ0v) is 15.6. The van der Waals surface area contributed by atoms with Gasteiger partial charge in [-0.2, -0.15) is 0 Å². The van der Waals surface area contributed by atoms with Crippen LogP contribution in [0.25, 0.3) is 0 Å². The molecule has 1 unspecified atom stereocenters. The van der Waals surface area contributed by atoms with Crippen LogP contribution in [-0.4, -0.2) is 29.5 Å². The van der Waals surface area contributed by atoms with Gasteiger partial charge in [0.15, 0.2) is 5.89 Å². The summed E-state index contributed by atoms with van der Waals surface area (Å²) in [6.45, 7) is 8.30. The highest BCUT2D eigenvalue weighted by Gasteiger charge is 2.21. The van der Waals surface area contributed by atoms with Gasteiger partial charge in [-0.1, -0.05) is 57.0 Å². The van der Waals surface area contributed by atoms with Gasteiger partial charge in [-0.3, -0.25) is 4.90 Å². The van der Waals surface area contributed by atoms with Crippen LogP contribution in [0, 0.1) is 0 Å². The molecule has 1 saturated heterocycles. The summed E-state index contributed by atoms with van der Waals surface area (Å²) in [6.07, 6.45) is 7.13. The molecule has 0 saturated carbocycles. The maximum Gasteiger partial charge on any atom is 0.196 e. The Kier molecular flexibility index (Phi) is 6.65. The van der Waals surface area contributed by atoms with Crippen molar-refractivity contribution in [3.8, 4) is 0 Å². The van der Waals surface area contributed by atoms with Crippen LogP contribution in [-0.2, 0) is 6.54 Å². The van der Waals surface area contributed by atoms with Gasteiger partial charge >= 0.3 is 0 Å². The molecule has 1 atom stereocenters. The molecule has 0 radical (unpaired) electrons. The van der Waals surface area contributed by atoms with E-state index in [0.29, 0.717) is 12.0 Å². The molecule has 0 amide bonds. The number of nitrogens with zero attached hydrogens (tertiary/aromatic N) is 2. The summed E-state index contributed by atoms with van der Waals surface area (Å²) in [7, 11) is 0. The van der Waals surface area contributed by atoms with Gasteiger partial charge in [-0.15, -0.1) is 0 Å². The second kappa shape index (κ2) is 9.16. The maximum absolute atomic E-state index is 5.54. The Bertz CT molecular complexity index is 615. The van der Waals surface area contributed by atoms with Gasteiger partial charge in [-0.25, -0.2) is 4.98 Å². The highest BCUT2D eigenvalue weighted by molar-refractivity contribution is 5.19. The van der Waals surface area contributed by atoms with E-state index in [0.717, 1.165) is 24.7 Å². The molecule has 1 aliphatic rings. The molecule has 4 heteroatoms. The fourth-order valence-electron chi connectivity index (χ4n) is 3.55. The summed E-state index contributed by atoms with van der Waals surface area (Å²) in [5, 5.41) is 3.61. The lowest BCUT2D eigenvalue weighted by Gasteiger charge is -2.31. The van der Waals surface area contributed by atoms with Crippen LogP contribution in [0.2, 0.25) is 0 Å². The van der Waals surface area contributed by atoms with Gasteiger partial charge in [0.25, 0.3) is 0 Å². The normalized spacial score (nSPS) is 17.6. The van der Waals surface area contributed by atoms with Crippen molar-refractivity contribution in [1.82, 2.24) is 15.2 Å². The number of hydrogen-bond acceptors (Lipinski definition) is 4. The summed E-state index contributed by atoms with van der Waals surface area (Å²) in [5.74, 6) is 1.16. The largest absolute Gasteiger partial charge is 0.448 e. The second-order valence-corrected chi connectivity index (χ2v) is 7.34. The molecular weight excluding hydrogens is 310 g/mol. The Labute approximate surface area is 151 Å². The first-order valence-corrected chi connectivity index (χ1v) is 9.68. The third-order valence-corrected chi connectivity index (χ3v) is 4.97. The molecule has 0 bridgehead atoms. The Balaban J connectivity index is 1.62. The SMILES string of the molecule is CC(C)c1nc(CNCC(c2ccccc2)N2CCCCCC2)co1. The van der Waals surface area contributed by atoms with Gasteiger partial charge in [0.2, 0.25) is 0 Å². The zero-order chi connectivity index (χ0) is 17.5. The van der Waals surface area contributed by atoms with E-state index in [1.165, 1.54) is 44.3 Å². The molecule has 0 spiro atoms. The van der Waals surface area contributed by atoms with E-state index in [2.05, 4.69) is 59.4 Å². The third kappa shape index (κ3) is 5.16. The molecule has 2 heterocycles. The molecule has 136 valence electrons. The molecule has 1 fully saturated rings. The molecule has 4 nitrogen and oxygen atoms in total. The number of aromatic nitrogens is 1. The van der Waals surface area contributed by atoms with Crippen LogP contribution < -0.4 is 5.32 Å². The summed E-state index contributed by atoms with van der Waals surface area (Å²) < 4.78 is 5.54. The first-order chi connectivity index (χ1) is 12.2. The number of likely N-dealkylation sites (tertiary alicyclic amines) is 1. The van der Waals surface area contributed by atoms with E-state index in [1.54, 1.807) is 6.26 Å². The minimum atomic E-state index is 0.336. The third-order valence-electron chi connectivity index (χ3n) is 4.97. The summed E-state index contributed by atoms with van der Waals surface area (Å²) in [6, 6.07) is 11.3. The minimum absolute atomic E-state index is 0.336. The number of nitrogens with one attached hydrogen (secondary N) is 1. The maximum atomic E-state index is 5.54. The van der Waals surface area contributed by atoms with Crippen molar-refractivity contribution < 1.29 is 4.42 Å². The van der Waals surface area contributed by atoms with Gasteiger partial charge in [0.1, 0.15) is 6.26 Å². The lowest BCUT2D eigenvalue weighted by atomic mass is 10.0. The average Bonchev–Trinajstić information content (AvgIpc) is 2.94. The molecule has 25 heavy (non-hydrogen) atoms. The molecule has 1 aliphatic heterocycles. The van der Waals surface area contributed by atoms with Crippen molar-refractivity contribution in [2.45, 2.75) is 58.0 Å². The van der Waals surface area contributed by atoms with Crippen molar-refractivity contribution in [1.29, 1.82) is 0 Å². The van der Waals surface area contributed by atoms with E-state index in [1.807, 2.05) is 0 Å². The van der Waals surface area contributed by atoms with Gasteiger partial charge in [0, 0.05) is 25.0 Å². The van der Waals surface area contributed by atoms with Crippen LogP contribution >= 0.6 is 0 Å². The van der Waals surface area contributed by atoms with Crippen molar-refractivity contribution in [3.63, 3.8) is 0 Å². The first kappa shape index (κ1) is 18.2. The fraction of sp³-hybridized carbons (Fsp3) is 0.571. The smallest absolute Gasteiger partial charge is 0.196 e. The first-order valence-electron chi connectivity index (χ1n) is 9.68. The van der Waals surface area contributed by atoms with E-state index < -0.39 is 0 Å². The van der Waals surface area contributed by atoms with Crippen molar-refractivity contribution >= 4 is 0 Å². The fourth-order valence-corrected chi connectivity index (χ4v) is 3.55. The van der Waals surface area contributed by atoms with Crippen molar-refractivity contribution in [2.75, 3.05) is 19.6 Å². The average molecular weight is 341 g/mol. The Morgan fingerprint density at radius 1 is 1.08 bits per heavy atom. The van der Waals surface area contributed by atoms with Crippen molar-refractivity contribution in [2.24, 2.45) is 0 Å². The standard InChI is InChI=1S/C21H31N3O/c1-17(2)21-23-19(16-25-21)14-22-15-20(18-10-6-5-7-11-18)24-12-8-3-4-9-13-24/h5-7,10-11,16-17,20,22H,3-4,8-9,12-15H2,1-2H3.